The van der Waals surface area contributed by atoms with Gasteiger partial charge >= 0.3 is 5.97 Å². The fraction of sp³-hybridized carbons (Fsp3) is 0.222. The van der Waals surface area contributed by atoms with Gasteiger partial charge in [0.2, 0.25) is 5.91 Å². The number of benzene rings is 3. The van der Waals surface area contributed by atoms with Crippen LogP contribution in [0.1, 0.15) is 28.7 Å². The molecule has 0 fully saturated rings. The van der Waals surface area contributed by atoms with Gasteiger partial charge < -0.3 is 20.2 Å². The number of oxazole rings is 1. The summed E-state index contributed by atoms with van der Waals surface area (Å²) >= 11 is 0. The number of carboxylic acid groups (broad SMARTS) is 1. The van der Waals surface area contributed by atoms with Crippen molar-refractivity contribution >= 4 is 40.4 Å². The number of amides is 1. The number of hydrogen-bond donors (Lipinski definition) is 3. The number of hydrogen-bond acceptors (Lipinski definition) is 5. The molecule has 1 unspecified atom stereocenters. The van der Waals surface area contributed by atoms with Gasteiger partial charge in [-0.15, -0.1) is 0 Å². The van der Waals surface area contributed by atoms with Gasteiger partial charge in [0, 0.05) is 17.8 Å². The molecule has 34 heavy (non-hydrogen) atoms. The summed E-state index contributed by atoms with van der Waals surface area (Å²) in [6.45, 7) is 2.01. The Hall–Kier alpha value is -4.13. The van der Waals surface area contributed by atoms with Gasteiger partial charge in [-0.3, -0.25) is 9.59 Å². The molecule has 4 aromatic rings. The van der Waals surface area contributed by atoms with Crippen LogP contribution in [0.25, 0.3) is 11.1 Å². The third kappa shape index (κ3) is 4.78. The van der Waals surface area contributed by atoms with E-state index in [4.69, 9.17) is 9.52 Å². The number of aromatic nitrogens is 1. The molecule has 5 rings (SSSR count). The molecule has 1 atom stereocenters. The van der Waals surface area contributed by atoms with Gasteiger partial charge in [0.05, 0.1) is 6.42 Å². The average molecular weight is 456 g/mol. The van der Waals surface area contributed by atoms with E-state index in [2.05, 4.69) is 15.6 Å². The third-order valence-corrected chi connectivity index (χ3v) is 6.17. The topological polar surface area (TPSA) is 104 Å². The van der Waals surface area contributed by atoms with Crippen LogP contribution in [0.3, 0.4) is 0 Å². The number of nitrogens with zero attached hydrogens (tertiary/aromatic N) is 1. The van der Waals surface area contributed by atoms with Crippen molar-refractivity contribution in [3.05, 3.63) is 82.9 Å². The lowest BCUT2D eigenvalue weighted by Gasteiger charge is -2.07. The van der Waals surface area contributed by atoms with Crippen LogP contribution in [0.2, 0.25) is 0 Å². The quantitative estimate of drug-likeness (QED) is 0.352. The summed E-state index contributed by atoms with van der Waals surface area (Å²) in [5.74, 6) is -0.775. The van der Waals surface area contributed by atoms with Gasteiger partial charge in [0.1, 0.15) is 5.52 Å². The molecule has 0 radical (unpaired) electrons. The summed E-state index contributed by atoms with van der Waals surface area (Å²) in [4.78, 5) is 28.1. The maximum atomic E-state index is 12.7. The van der Waals surface area contributed by atoms with Crippen LogP contribution in [0.5, 0.6) is 0 Å². The molecular formula is C27H25N3O4. The Balaban J connectivity index is 1.24. The van der Waals surface area contributed by atoms with E-state index in [1.54, 1.807) is 0 Å². The number of carbonyl (C=O) groups is 2. The lowest BCUT2D eigenvalue weighted by molar-refractivity contribution is -0.138. The zero-order chi connectivity index (χ0) is 23.7. The van der Waals surface area contributed by atoms with Crippen molar-refractivity contribution in [1.82, 2.24) is 4.98 Å². The Kier molecular flexibility index (Phi) is 5.76. The number of carboxylic acids is 1. The summed E-state index contributed by atoms with van der Waals surface area (Å²) in [7, 11) is 0. The van der Waals surface area contributed by atoms with E-state index in [0.29, 0.717) is 11.6 Å². The third-order valence-electron chi connectivity index (χ3n) is 6.17. The van der Waals surface area contributed by atoms with E-state index in [1.165, 1.54) is 0 Å². The molecule has 1 aliphatic rings. The van der Waals surface area contributed by atoms with Crippen molar-refractivity contribution in [2.75, 3.05) is 10.6 Å². The van der Waals surface area contributed by atoms with E-state index >= 15 is 0 Å². The standard InChI is InChI=1S/C27H25N3O4/c1-16-4-2-3-5-22(16)29-27-30-23-9-6-17(12-24(23)34-27)13-25(31)28-21-8-7-19-10-18(14-26(32)33)11-20(19)15-21/h2-9,12,15,18H,10-11,13-14H2,1H3,(H,28,31)(H,29,30)(H,32,33). The Labute approximate surface area is 196 Å². The summed E-state index contributed by atoms with van der Waals surface area (Å²) in [6, 6.07) is 19.7. The molecule has 3 aromatic carbocycles. The first-order valence-electron chi connectivity index (χ1n) is 11.3. The molecule has 172 valence electrons. The van der Waals surface area contributed by atoms with Gasteiger partial charge in [0.25, 0.3) is 6.01 Å². The molecule has 0 aliphatic heterocycles. The van der Waals surface area contributed by atoms with Gasteiger partial charge in [0.15, 0.2) is 5.58 Å². The van der Waals surface area contributed by atoms with Gasteiger partial charge in [-0.25, -0.2) is 0 Å². The number of aryl methyl sites for hydroxylation is 1. The first-order chi connectivity index (χ1) is 16.4. The van der Waals surface area contributed by atoms with Crippen LogP contribution >= 0.6 is 0 Å². The molecule has 0 saturated carbocycles. The maximum absolute atomic E-state index is 12.7. The molecule has 0 bridgehead atoms. The normalized spacial score (nSPS) is 14.7. The van der Waals surface area contributed by atoms with Crippen LogP contribution in [0, 0.1) is 12.8 Å². The summed E-state index contributed by atoms with van der Waals surface area (Å²) in [5.41, 5.74) is 7.17. The highest BCUT2D eigenvalue weighted by molar-refractivity contribution is 5.93. The fourth-order valence-electron chi connectivity index (χ4n) is 4.53. The van der Waals surface area contributed by atoms with Gasteiger partial charge in [-0.05, 0) is 78.3 Å². The van der Waals surface area contributed by atoms with Crippen molar-refractivity contribution in [3.63, 3.8) is 0 Å². The minimum Gasteiger partial charge on any atom is -0.481 e. The fourth-order valence-corrected chi connectivity index (χ4v) is 4.53. The lowest BCUT2D eigenvalue weighted by Crippen LogP contribution is -2.14. The Bertz CT molecular complexity index is 1390. The molecule has 0 spiro atoms. The molecule has 1 heterocycles. The summed E-state index contributed by atoms with van der Waals surface area (Å²) in [6.07, 6.45) is 1.87. The second kappa shape index (κ2) is 9.02. The second-order valence-electron chi connectivity index (χ2n) is 8.84. The van der Waals surface area contributed by atoms with Gasteiger partial charge in [-0.1, -0.05) is 30.3 Å². The maximum Gasteiger partial charge on any atom is 0.303 e. The molecule has 1 aromatic heterocycles. The number of rotatable bonds is 7. The first-order valence-corrected chi connectivity index (χ1v) is 11.3. The zero-order valence-electron chi connectivity index (χ0n) is 18.8. The van der Waals surface area contributed by atoms with Crippen LogP contribution in [0.4, 0.5) is 17.4 Å². The van der Waals surface area contributed by atoms with Crippen LogP contribution in [0.15, 0.2) is 65.1 Å². The van der Waals surface area contributed by atoms with Crippen LogP contribution < -0.4 is 10.6 Å². The molecule has 1 amide bonds. The minimum absolute atomic E-state index is 0.122. The highest BCUT2D eigenvalue weighted by atomic mass is 16.4. The van der Waals surface area contributed by atoms with E-state index in [0.717, 1.165) is 52.0 Å². The summed E-state index contributed by atoms with van der Waals surface area (Å²) in [5, 5.41) is 15.2. The molecule has 1 aliphatic carbocycles. The van der Waals surface area contributed by atoms with Crippen LogP contribution in [-0.4, -0.2) is 22.0 Å². The van der Waals surface area contributed by atoms with Crippen LogP contribution in [-0.2, 0) is 28.9 Å². The molecule has 7 nitrogen and oxygen atoms in total. The molecule has 3 N–H and O–H groups in total. The van der Waals surface area contributed by atoms with Crippen molar-refractivity contribution in [3.8, 4) is 0 Å². The smallest absolute Gasteiger partial charge is 0.303 e. The van der Waals surface area contributed by atoms with E-state index in [9.17, 15) is 9.59 Å². The Morgan fingerprint density at radius 1 is 1.06 bits per heavy atom. The predicted octanol–water partition coefficient (Wildman–Crippen LogP) is 5.25. The number of fused-ring (bicyclic) bond motifs is 2. The largest absolute Gasteiger partial charge is 0.481 e. The highest BCUT2D eigenvalue weighted by Gasteiger charge is 2.24. The number of carbonyl (C=O) groups excluding carboxylic acids is 1. The average Bonchev–Trinajstić information content (AvgIpc) is 3.36. The minimum atomic E-state index is -0.770. The first kappa shape index (κ1) is 21.7. The van der Waals surface area contributed by atoms with E-state index in [-0.39, 0.29) is 24.7 Å². The number of anilines is 3. The number of nitrogens with one attached hydrogen (secondary N) is 2. The van der Waals surface area contributed by atoms with Crippen molar-refractivity contribution in [2.24, 2.45) is 5.92 Å². The van der Waals surface area contributed by atoms with E-state index < -0.39 is 5.97 Å². The monoisotopic (exact) mass is 455 g/mol. The highest BCUT2D eigenvalue weighted by Crippen LogP contribution is 2.31. The summed E-state index contributed by atoms with van der Waals surface area (Å²) < 4.78 is 5.86. The predicted molar refractivity (Wildman–Crippen MR) is 130 cm³/mol. The van der Waals surface area contributed by atoms with E-state index in [1.807, 2.05) is 67.6 Å². The Morgan fingerprint density at radius 3 is 2.71 bits per heavy atom. The number of aliphatic carboxylic acids is 1. The zero-order valence-corrected chi connectivity index (χ0v) is 18.8. The molecule has 7 heteroatoms. The van der Waals surface area contributed by atoms with Gasteiger partial charge in [-0.2, -0.15) is 4.98 Å². The van der Waals surface area contributed by atoms with Crippen molar-refractivity contribution in [1.29, 1.82) is 0 Å². The number of para-hydroxylation sites is 1. The SMILES string of the molecule is Cc1ccccc1Nc1nc2ccc(CC(=O)Nc3ccc4c(c3)CC(CC(=O)O)C4)cc2o1. The lowest BCUT2D eigenvalue weighted by atomic mass is 10.0. The molecule has 0 saturated heterocycles. The Morgan fingerprint density at radius 2 is 1.88 bits per heavy atom. The van der Waals surface area contributed by atoms with Crippen molar-refractivity contribution in [2.45, 2.75) is 32.6 Å². The van der Waals surface area contributed by atoms with Crippen molar-refractivity contribution < 1.29 is 19.1 Å². The molecular weight excluding hydrogens is 430 g/mol. The second-order valence-corrected chi connectivity index (χ2v) is 8.84.